The van der Waals surface area contributed by atoms with E-state index in [-0.39, 0.29) is 0 Å². The normalized spacial score (nSPS) is 19.2. The molecule has 0 atom stereocenters. The SMILES string of the molecule is ClCC1=CN(Cl)CS1. The second kappa shape index (κ2) is 2.85. The van der Waals surface area contributed by atoms with Gasteiger partial charge in [-0.05, 0) is 0 Å². The minimum absolute atomic E-state index is 0.577. The Morgan fingerprint density at radius 2 is 2.62 bits per heavy atom. The van der Waals surface area contributed by atoms with E-state index < -0.39 is 0 Å². The predicted octanol–water partition coefficient (Wildman–Crippen LogP) is 2.23. The van der Waals surface area contributed by atoms with E-state index in [9.17, 15) is 0 Å². The number of rotatable bonds is 1. The lowest BCUT2D eigenvalue weighted by Crippen LogP contribution is -1.93. The number of halogens is 2. The van der Waals surface area contributed by atoms with E-state index in [4.69, 9.17) is 23.4 Å². The summed E-state index contributed by atoms with van der Waals surface area (Å²) in [6.45, 7) is 0. The van der Waals surface area contributed by atoms with Crippen LogP contribution in [0, 0.1) is 0 Å². The highest BCUT2D eigenvalue weighted by Gasteiger charge is 2.08. The van der Waals surface area contributed by atoms with Crippen LogP contribution in [0.2, 0.25) is 0 Å². The lowest BCUT2D eigenvalue weighted by molar-refractivity contribution is 0.734. The summed E-state index contributed by atoms with van der Waals surface area (Å²) in [5.74, 6) is 1.40. The molecule has 0 amide bonds. The van der Waals surface area contributed by atoms with Crippen molar-refractivity contribution >= 4 is 35.1 Å². The summed E-state index contributed by atoms with van der Waals surface area (Å²) in [4.78, 5) is 1.14. The number of thioether (sulfide) groups is 1. The van der Waals surface area contributed by atoms with Crippen molar-refractivity contribution in [2.45, 2.75) is 0 Å². The molecule has 1 rings (SSSR count). The quantitative estimate of drug-likeness (QED) is 0.438. The van der Waals surface area contributed by atoms with E-state index in [1.165, 1.54) is 0 Å². The molecule has 46 valence electrons. The summed E-state index contributed by atoms with van der Waals surface area (Å²) in [5.41, 5.74) is 0. The van der Waals surface area contributed by atoms with Crippen LogP contribution in [0.25, 0.3) is 0 Å². The van der Waals surface area contributed by atoms with E-state index in [1.54, 1.807) is 16.2 Å². The fraction of sp³-hybridized carbons (Fsp3) is 0.500. The molecule has 1 nitrogen and oxygen atoms in total. The van der Waals surface area contributed by atoms with Gasteiger partial charge in [-0.15, -0.1) is 23.4 Å². The molecule has 1 aliphatic rings. The average Bonchev–Trinajstić information content (AvgIpc) is 2.14. The number of alkyl halides is 1. The summed E-state index contributed by atoms with van der Waals surface area (Å²) in [7, 11) is 0. The zero-order valence-corrected chi connectivity index (χ0v) is 6.43. The fourth-order valence-corrected chi connectivity index (χ4v) is 1.71. The zero-order chi connectivity index (χ0) is 5.98. The Morgan fingerprint density at radius 1 is 1.88 bits per heavy atom. The minimum atomic E-state index is 0.577. The smallest absolute Gasteiger partial charge is 0.0841 e. The van der Waals surface area contributed by atoms with Crippen LogP contribution in [0.4, 0.5) is 0 Å². The molecule has 0 aromatic heterocycles. The molecule has 1 heterocycles. The zero-order valence-electron chi connectivity index (χ0n) is 4.10. The Kier molecular flexibility index (Phi) is 2.35. The van der Waals surface area contributed by atoms with Gasteiger partial charge in [-0.1, -0.05) is 0 Å². The van der Waals surface area contributed by atoms with Gasteiger partial charge in [0, 0.05) is 22.9 Å². The van der Waals surface area contributed by atoms with Crippen LogP contribution in [0.5, 0.6) is 0 Å². The third-order valence-electron chi connectivity index (χ3n) is 0.789. The summed E-state index contributed by atoms with van der Waals surface area (Å²) in [6.07, 6.45) is 1.85. The van der Waals surface area contributed by atoms with Gasteiger partial charge in [-0.25, -0.2) is 0 Å². The van der Waals surface area contributed by atoms with Gasteiger partial charge < -0.3 is 0 Å². The molecule has 0 aromatic carbocycles. The van der Waals surface area contributed by atoms with Crippen molar-refractivity contribution in [3.8, 4) is 0 Å². The molecule has 0 aliphatic carbocycles. The Hall–Kier alpha value is 0.470. The molecule has 0 aromatic rings. The molecule has 0 unspecified atom stereocenters. The predicted molar refractivity (Wildman–Crippen MR) is 39.0 cm³/mol. The van der Waals surface area contributed by atoms with E-state index in [0.717, 1.165) is 10.8 Å². The second-order valence-electron chi connectivity index (χ2n) is 1.40. The van der Waals surface area contributed by atoms with Crippen molar-refractivity contribution in [2.75, 3.05) is 11.8 Å². The summed E-state index contributed by atoms with van der Waals surface area (Å²) in [5, 5.41) is 0. The monoisotopic (exact) mass is 169 g/mol. The van der Waals surface area contributed by atoms with E-state index >= 15 is 0 Å². The first-order valence-corrected chi connectivity index (χ1v) is 4.00. The molecule has 0 saturated carbocycles. The molecule has 0 saturated heterocycles. The molecule has 0 spiro atoms. The van der Waals surface area contributed by atoms with Crippen molar-refractivity contribution < 1.29 is 0 Å². The van der Waals surface area contributed by atoms with Gasteiger partial charge in [0.1, 0.15) is 0 Å². The maximum Gasteiger partial charge on any atom is 0.0841 e. The first kappa shape index (κ1) is 6.59. The van der Waals surface area contributed by atoms with E-state index in [1.807, 2.05) is 6.20 Å². The first-order chi connectivity index (χ1) is 3.83. The number of hydrogen-bond acceptors (Lipinski definition) is 2. The molecular formula is C4H5Cl2NS. The maximum atomic E-state index is 5.56. The first-order valence-electron chi connectivity index (χ1n) is 2.15. The molecule has 4 heteroatoms. The van der Waals surface area contributed by atoms with Crippen molar-refractivity contribution in [3.05, 3.63) is 11.1 Å². The molecular weight excluding hydrogens is 165 g/mol. The lowest BCUT2D eigenvalue weighted by atomic mass is 10.7. The van der Waals surface area contributed by atoms with Crippen LogP contribution in [-0.2, 0) is 0 Å². The highest BCUT2D eigenvalue weighted by atomic mass is 35.5. The Balaban J connectivity index is 2.44. The van der Waals surface area contributed by atoms with Crippen LogP contribution in [0.15, 0.2) is 11.1 Å². The van der Waals surface area contributed by atoms with Crippen molar-refractivity contribution in [1.82, 2.24) is 4.42 Å². The van der Waals surface area contributed by atoms with Gasteiger partial charge >= 0.3 is 0 Å². The molecule has 0 N–H and O–H groups in total. The number of allylic oxidation sites excluding steroid dienone is 1. The van der Waals surface area contributed by atoms with Crippen molar-refractivity contribution in [1.29, 1.82) is 0 Å². The second-order valence-corrected chi connectivity index (χ2v) is 3.17. The molecule has 0 radical (unpaired) electrons. The Labute approximate surface area is 62.7 Å². The molecule has 0 fully saturated rings. The summed E-state index contributed by atoms with van der Waals surface area (Å²) >= 11 is 12.7. The van der Waals surface area contributed by atoms with E-state index in [0.29, 0.717) is 5.88 Å². The van der Waals surface area contributed by atoms with Gasteiger partial charge in [0.25, 0.3) is 0 Å². The van der Waals surface area contributed by atoms with Crippen LogP contribution in [0.3, 0.4) is 0 Å². The number of hydrogen-bond donors (Lipinski definition) is 0. The van der Waals surface area contributed by atoms with Gasteiger partial charge in [0.15, 0.2) is 0 Å². The van der Waals surface area contributed by atoms with Gasteiger partial charge in [0.05, 0.1) is 11.8 Å². The van der Waals surface area contributed by atoms with Gasteiger partial charge in [-0.3, -0.25) is 4.42 Å². The van der Waals surface area contributed by atoms with Crippen LogP contribution in [0.1, 0.15) is 0 Å². The minimum Gasteiger partial charge on any atom is -0.281 e. The highest BCUT2D eigenvalue weighted by molar-refractivity contribution is 8.03. The maximum absolute atomic E-state index is 5.56. The fourth-order valence-electron chi connectivity index (χ4n) is 0.448. The van der Waals surface area contributed by atoms with Crippen molar-refractivity contribution in [3.63, 3.8) is 0 Å². The van der Waals surface area contributed by atoms with Crippen LogP contribution >= 0.6 is 35.1 Å². The third-order valence-corrected chi connectivity index (χ3v) is 2.62. The average molecular weight is 170 g/mol. The Morgan fingerprint density at radius 3 is 2.88 bits per heavy atom. The van der Waals surface area contributed by atoms with Gasteiger partial charge in [0.2, 0.25) is 0 Å². The highest BCUT2D eigenvalue weighted by Crippen LogP contribution is 2.26. The Bertz CT molecular complexity index is 115. The number of nitrogens with zero attached hydrogens (tertiary/aromatic N) is 1. The standard InChI is InChI=1S/C4H5Cl2NS/c5-1-4-2-7(6)3-8-4/h2H,1,3H2. The largest absolute Gasteiger partial charge is 0.281 e. The topological polar surface area (TPSA) is 3.24 Å². The van der Waals surface area contributed by atoms with E-state index in [2.05, 4.69) is 0 Å². The van der Waals surface area contributed by atoms with Gasteiger partial charge in [-0.2, -0.15) is 0 Å². The molecule has 1 aliphatic heterocycles. The lowest BCUT2D eigenvalue weighted by Gasteiger charge is -1.96. The summed E-state index contributed by atoms with van der Waals surface area (Å²) in [6, 6.07) is 0. The third kappa shape index (κ3) is 1.47. The van der Waals surface area contributed by atoms with Crippen molar-refractivity contribution in [2.24, 2.45) is 0 Å². The van der Waals surface area contributed by atoms with Crippen LogP contribution in [-0.4, -0.2) is 16.2 Å². The molecule has 0 bridgehead atoms. The summed E-state index contributed by atoms with van der Waals surface area (Å²) < 4.78 is 1.60. The molecule has 8 heavy (non-hydrogen) atoms. The van der Waals surface area contributed by atoms with Crippen LogP contribution < -0.4 is 0 Å².